The van der Waals surface area contributed by atoms with Crippen molar-refractivity contribution in [2.24, 2.45) is 0 Å². The zero-order valence-electron chi connectivity index (χ0n) is 14.5. The standard InChI is InChI=1S/C20H25N3O2/c24-20(10-5-8-18-7-3-4-11-21-18)22-16-17-6-1-2-9-19(17)23-12-14-25-15-13-23/h1-4,6-7,9,11H,5,8,10,12-16H2,(H,22,24). The zero-order chi connectivity index (χ0) is 17.3. The second-order valence-corrected chi connectivity index (χ2v) is 6.18. The Kier molecular flexibility index (Phi) is 6.40. The van der Waals surface area contributed by atoms with Gasteiger partial charge in [-0.25, -0.2) is 0 Å². The number of rotatable bonds is 7. The van der Waals surface area contributed by atoms with E-state index in [1.165, 1.54) is 5.69 Å². The highest BCUT2D eigenvalue weighted by atomic mass is 16.5. The first-order valence-corrected chi connectivity index (χ1v) is 8.90. The van der Waals surface area contributed by atoms with Gasteiger partial charge in [0.2, 0.25) is 5.91 Å². The average Bonchev–Trinajstić information content (AvgIpc) is 2.68. The van der Waals surface area contributed by atoms with Gasteiger partial charge in [-0.1, -0.05) is 24.3 Å². The van der Waals surface area contributed by atoms with E-state index < -0.39 is 0 Å². The van der Waals surface area contributed by atoms with E-state index in [2.05, 4.69) is 27.3 Å². The number of hydrogen-bond acceptors (Lipinski definition) is 4. The first-order chi connectivity index (χ1) is 12.3. The Morgan fingerprint density at radius 2 is 1.92 bits per heavy atom. The molecule has 1 amide bonds. The number of aromatic nitrogens is 1. The van der Waals surface area contributed by atoms with Crippen molar-refractivity contribution in [1.82, 2.24) is 10.3 Å². The van der Waals surface area contributed by atoms with Crippen LogP contribution in [0.4, 0.5) is 5.69 Å². The Balaban J connectivity index is 1.47. The average molecular weight is 339 g/mol. The molecule has 2 aromatic rings. The first-order valence-electron chi connectivity index (χ1n) is 8.90. The number of aryl methyl sites for hydroxylation is 1. The second kappa shape index (κ2) is 9.18. The number of pyridine rings is 1. The molecule has 0 saturated carbocycles. The van der Waals surface area contributed by atoms with Crippen LogP contribution in [-0.2, 0) is 22.5 Å². The lowest BCUT2D eigenvalue weighted by molar-refractivity contribution is -0.121. The highest BCUT2D eigenvalue weighted by Gasteiger charge is 2.14. The first kappa shape index (κ1) is 17.4. The summed E-state index contributed by atoms with van der Waals surface area (Å²) in [6.07, 6.45) is 3.96. The van der Waals surface area contributed by atoms with E-state index >= 15 is 0 Å². The van der Waals surface area contributed by atoms with Crippen LogP contribution in [0.1, 0.15) is 24.1 Å². The number of carbonyl (C=O) groups is 1. The fraction of sp³-hybridized carbons (Fsp3) is 0.400. The fourth-order valence-electron chi connectivity index (χ4n) is 3.03. The lowest BCUT2D eigenvalue weighted by Gasteiger charge is -2.30. The van der Waals surface area contributed by atoms with Crippen molar-refractivity contribution < 1.29 is 9.53 Å². The van der Waals surface area contributed by atoms with Crippen molar-refractivity contribution in [1.29, 1.82) is 0 Å². The highest BCUT2D eigenvalue weighted by Crippen LogP contribution is 2.21. The molecule has 1 aromatic carbocycles. The summed E-state index contributed by atoms with van der Waals surface area (Å²) >= 11 is 0. The third-order valence-corrected chi connectivity index (χ3v) is 4.38. The predicted molar refractivity (Wildman–Crippen MR) is 98.5 cm³/mol. The van der Waals surface area contributed by atoms with E-state index in [9.17, 15) is 4.79 Å². The van der Waals surface area contributed by atoms with Gasteiger partial charge in [-0.2, -0.15) is 0 Å². The summed E-state index contributed by atoms with van der Waals surface area (Å²) in [6, 6.07) is 14.1. The van der Waals surface area contributed by atoms with Crippen LogP contribution in [-0.4, -0.2) is 37.2 Å². The van der Waals surface area contributed by atoms with Crippen molar-refractivity contribution in [2.75, 3.05) is 31.2 Å². The Hall–Kier alpha value is -2.40. The van der Waals surface area contributed by atoms with Gasteiger partial charge in [0, 0.05) is 43.6 Å². The molecule has 1 aliphatic rings. The molecule has 132 valence electrons. The zero-order valence-corrected chi connectivity index (χ0v) is 14.5. The van der Waals surface area contributed by atoms with Crippen LogP contribution < -0.4 is 10.2 Å². The minimum absolute atomic E-state index is 0.0905. The SMILES string of the molecule is O=C(CCCc1ccccn1)NCc1ccccc1N1CCOCC1. The highest BCUT2D eigenvalue weighted by molar-refractivity contribution is 5.76. The topological polar surface area (TPSA) is 54.5 Å². The summed E-state index contributed by atoms with van der Waals surface area (Å²) in [5.74, 6) is 0.0905. The summed E-state index contributed by atoms with van der Waals surface area (Å²) in [5.41, 5.74) is 3.38. The van der Waals surface area contributed by atoms with E-state index in [0.29, 0.717) is 13.0 Å². The Bertz CT molecular complexity index is 670. The van der Waals surface area contributed by atoms with Crippen molar-refractivity contribution in [3.05, 3.63) is 59.9 Å². The fourth-order valence-corrected chi connectivity index (χ4v) is 3.03. The number of amides is 1. The molecule has 1 N–H and O–H groups in total. The van der Waals surface area contributed by atoms with E-state index in [1.54, 1.807) is 6.20 Å². The molecule has 2 heterocycles. The van der Waals surface area contributed by atoms with Crippen LogP contribution in [0.5, 0.6) is 0 Å². The summed E-state index contributed by atoms with van der Waals surface area (Å²) in [7, 11) is 0. The summed E-state index contributed by atoms with van der Waals surface area (Å²) in [5, 5.41) is 3.05. The molecule has 5 nitrogen and oxygen atoms in total. The molecule has 25 heavy (non-hydrogen) atoms. The van der Waals surface area contributed by atoms with Crippen molar-refractivity contribution in [3.63, 3.8) is 0 Å². The number of carbonyl (C=O) groups excluding carboxylic acids is 1. The molecule has 3 rings (SSSR count). The lowest BCUT2D eigenvalue weighted by Crippen LogP contribution is -2.37. The Morgan fingerprint density at radius 3 is 2.72 bits per heavy atom. The number of para-hydroxylation sites is 1. The minimum atomic E-state index is 0.0905. The van der Waals surface area contributed by atoms with Gasteiger partial charge in [-0.05, 0) is 36.6 Å². The van der Waals surface area contributed by atoms with E-state index in [1.807, 2.05) is 30.3 Å². The van der Waals surface area contributed by atoms with Gasteiger partial charge >= 0.3 is 0 Å². The molecular formula is C20H25N3O2. The maximum atomic E-state index is 12.1. The number of nitrogens with zero attached hydrogens (tertiary/aromatic N) is 2. The quantitative estimate of drug-likeness (QED) is 0.842. The maximum Gasteiger partial charge on any atom is 0.220 e. The number of nitrogens with one attached hydrogen (secondary N) is 1. The summed E-state index contributed by atoms with van der Waals surface area (Å²) in [4.78, 5) is 18.7. The van der Waals surface area contributed by atoms with Gasteiger partial charge in [0.05, 0.1) is 13.2 Å². The van der Waals surface area contributed by atoms with E-state index in [0.717, 1.165) is 50.4 Å². The number of hydrogen-bond donors (Lipinski definition) is 1. The van der Waals surface area contributed by atoms with Crippen molar-refractivity contribution >= 4 is 11.6 Å². The summed E-state index contributed by atoms with van der Waals surface area (Å²) < 4.78 is 5.42. The van der Waals surface area contributed by atoms with Crippen molar-refractivity contribution in [2.45, 2.75) is 25.8 Å². The molecule has 0 bridgehead atoms. The molecule has 0 aliphatic carbocycles. The van der Waals surface area contributed by atoms with Gasteiger partial charge < -0.3 is 15.0 Å². The van der Waals surface area contributed by atoms with Gasteiger partial charge in [0.1, 0.15) is 0 Å². The molecular weight excluding hydrogens is 314 g/mol. The molecule has 0 unspecified atom stereocenters. The number of benzene rings is 1. The number of morpholine rings is 1. The van der Waals surface area contributed by atoms with Gasteiger partial charge in [-0.15, -0.1) is 0 Å². The summed E-state index contributed by atoms with van der Waals surface area (Å²) in [6.45, 7) is 3.88. The Morgan fingerprint density at radius 1 is 1.12 bits per heavy atom. The predicted octanol–water partition coefficient (Wildman–Crippen LogP) is 2.56. The van der Waals surface area contributed by atoms with Crippen LogP contribution in [0.3, 0.4) is 0 Å². The van der Waals surface area contributed by atoms with Crippen LogP contribution in [0.25, 0.3) is 0 Å². The monoisotopic (exact) mass is 339 g/mol. The normalized spacial score (nSPS) is 14.3. The van der Waals surface area contributed by atoms with Gasteiger partial charge in [0.25, 0.3) is 0 Å². The molecule has 0 radical (unpaired) electrons. The van der Waals surface area contributed by atoms with Crippen LogP contribution in [0.15, 0.2) is 48.7 Å². The van der Waals surface area contributed by atoms with Gasteiger partial charge in [0.15, 0.2) is 0 Å². The minimum Gasteiger partial charge on any atom is -0.378 e. The molecule has 1 fully saturated rings. The van der Waals surface area contributed by atoms with E-state index in [-0.39, 0.29) is 5.91 Å². The Labute approximate surface area is 149 Å². The number of anilines is 1. The third kappa shape index (κ3) is 5.29. The largest absolute Gasteiger partial charge is 0.378 e. The van der Waals surface area contributed by atoms with Crippen LogP contribution >= 0.6 is 0 Å². The smallest absolute Gasteiger partial charge is 0.220 e. The van der Waals surface area contributed by atoms with Crippen LogP contribution in [0.2, 0.25) is 0 Å². The van der Waals surface area contributed by atoms with Crippen molar-refractivity contribution in [3.8, 4) is 0 Å². The van der Waals surface area contributed by atoms with Crippen LogP contribution in [0, 0.1) is 0 Å². The van der Waals surface area contributed by atoms with Gasteiger partial charge in [-0.3, -0.25) is 9.78 Å². The second-order valence-electron chi connectivity index (χ2n) is 6.18. The molecule has 0 atom stereocenters. The van der Waals surface area contributed by atoms with E-state index in [4.69, 9.17) is 4.74 Å². The lowest BCUT2D eigenvalue weighted by atomic mass is 10.1. The third-order valence-electron chi connectivity index (χ3n) is 4.38. The molecule has 0 spiro atoms. The maximum absolute atomic E-state index is 12.1. The molecule has 1 aliphatic heterocycles. The number of ether oxygens (including phenoxy) is 1. The molecule has 1 saturated heterocycles. The molecule has 1 aromatic heterocycles. The molecule has 5 heteroatoms.